The molecule has 1 unspecified atom stereocenters. The first-order valence-electron chi connectivity index (χ1n) is 13.2. The molecule has 0 saturated carbocycles. The summed E-state index contributed by atoms with van der Waals surface area (Å²) >= 11 is 0. The SMILES string of the molecule is C[C@@H]1CN(c2ncc(NC3CCC(=O)NC3=O)cc2F)CCN1CC1CCN(C(=O)OC(C)(C)C)CC1. The van der Waals surface area contributed by atoms with Gasteiger partial charge in [0, 0.05) is 57.8 Å². The number of pyridine rings is 1. The Balaban J connectivity index is 1.25. The van der Waals surface area contributed by atoms with E-state index < -0.39 is 23.4 Å². The normalized spacial score (nSPS) is 24.1. The fourth-order valence-corrected chi connectivity index (χ4v) is 5.19. The molecule has 3 amide bonds. The minimum Gasteiger partial charge on any atom is -0.444 e. The third-order valence-electron chi connectivity index (χ3n) is 7.23. The number of nitrogens with zero attached hydrogens (tertiary/aromatic N) is 4. The quantitative estimate of drug-likeness (QED) is 0.573. The Kier molecular flexibility index (Phi) is 8.20. The van der Waals surface area contributed by atoms with E-state index in [-0.39, 0.29) is 24.5 Å². The zero-order chi connectivity index (χ0) is 26.7. The van der Waals surface area contributed by atoms with Crippen LogP contribution >= 0.6 is 0 Å². The molecule has 2 N–H and O–H groups in total. The van der Waals surface area contributed by atoms with Crippen LogP contribution < -0.4 is 15.5 Å². The molecule has 3 aliphatic rings. The molecule has 0 aromatic carbocycles. The van der Waals surface area contributed by atoms with Gasteiger partial charge in [-0.1, -0.05) is 0 Å². The van der Waals surface area contributed by atoms with Crippen LogP contribution in [0.25, 0.3) is 0 Å². The minimum atomic E-state index is -0.579. The van der Waals surface area contributed by atoms with Gasteiger partial charge in [-0.3, -0.25) is 19.8 Å². The summed E-state index contributed by atoms with van der Waals surface area (Å²) in [4.78, 5) is 46.2. The van der Waals surface area contributed by atoms with Gasteiger partial charge in [-0.25, -0.2) is 14.2 Å². The molecular formula is C26H39FN6O4. The smallest absolute Gasteiger partial charge is 0.410 e. The van der Waals surface area contributed by atoms with Gasteiger partial charge in [0.15, 0.2) is 11.6 Å². The van der Waals surface area contributed by atoms with Crippen LogP contribution in [-0.2, 0) is 14.3 Å². The van der Waals surface area contributed by atoms with Crippen molar-refractivity contribution in [3.05, 3.63) is 18.1 Å². The van der Waals surface area contributed by atoms with Crippen molar-refractivity contribution in [3.63, 3.8) is 0 Å². The number of likely N-dealkylation sites (tertiary alicyclic amines) is 1. The predicted octanol–water partition coefficient (Wildman–Crippen LogP) is 2.60. The number of hydrogen-bond donors (Lipinski definition) is 2. The number of piperidine rings is 2. The van der Waals surface area contributed by atoms with E-state index in [1.54, 1.807) is 4.90 Å². The zero-order valence-corrected chi connectivity index (χ0v) is 22.3. The van der Waals surface area contributed by atoms with Crippen molar-refractivity contribution < 1.29 is 23.5 Å². The second-order valence-electron chi connectivity index (χ2n) is 11.4. The summed E-state index contributed by atoms with van der Waals surface area (Å²) in [5, 5.41) is 5.27. The fourth-order valence-electron chi connectivity index (χ4n) is 5.19. The van der Waals surface area contributed by atoms with Crippen molar-refractivity contribution in [2.24, 2.45) is 5.92 Å². The molecule has 3 fully saturated rings. The van der Waals surface area contributed by atoms with Crippen molar-refractivity contribution in [2.75, 3.05) is 49.5 Å². The third kappa shape index (κ3) is 7.09. The highest BCUT2D eigenvalue weighted by molar-refractivity contribution is 6.01. The predicted molar refractivity (Wildman–Crippen MR) is 138 cm³/mol. The molecule has 4 rings (SSSR count). The lowest BCUT2D eigenvalue weighted by Crippen LogP contribution is -2.54. The van der Waals surface area contributed by atoms with Crippen LogP contribution in [-0.4, -0.2) is 89.6 Å². The summed E-state index contributed by atoms with van der Waals surface area (Å²) in [6.07, 6.45) is 3.82. The van der Waals surface area contributed by atoms with Gasteiger partial charge in [0.1, 0.15) is 11.6 Å². The Hall–Kier alpha value is -2.95. The van der Waals surface area contributed by atoms with Crippen LogP contribution in [0.15, 0.2) is 12.3 Å². The maximum atomic E-state index is 15.0. The highest BCUT2D eigenvalue weighted by atomic mass is 19.1. The molecule has 0 aliphatic carbocycles. The molecule has 4 heterocycles. The van der Waals surface area contributed by atoms with Gasteiger partial charge in [-0.05, 0) is 52.9 Å². The van der Waals surface area contributed by atoms with Gasteiger partial charge in [-0.2, -0.15) is 0 Å². The number of hydrogen-bond acceptors (Lipinski definition) is 8. The van der Waals surface area contributed by atoms with Gasteiger partial charge >= 0.3 is 6.09 Å². The van der Waals surface area contributed by atoms with Gasteiger partial charge in [0.05, 0.1) is 11.9 Å². The monoisotopic (exact) mass is 518 g/mol. The summed E-state index contributed by atoms with van der Waals surface area (Å²) in [6, 6.07) is 1.02. The summed E-state index contributed by atoms with van der Waals surface area (Å²) in [5.74, 6) is -0.304. The second-order valence-corrected chi connectivity index (χ2v) is 11.4. The number of piperazine rings is 1. The van der Waals surface area contributed by atoms with Crippen LogP contribution in [0.4, 0.5) is 20.7 Å². The lowest BCUT2D eigenvalue weighted by Gasteiger charge is -2.43. The van der Waals surface area contributed by atoms with Crippen molar-refractivity contribution in [1.82, 2.24) is 20.1 Å². The Morgan fingerprint density at radius 2 is 1.92 bits per heavy atom. The van der Waals surface area contributed by atoms with Crippen LogP contribution in [0.1, 0.15) is 53.4 Å². The van der Waals surface area contributed by atoms with E-state index in [0.717, 1.165) is 25.9 Å². The minimum absolute atomic E-state index is 0.235. The maximum Gasteiger partial charge on any atom is 0.410 e. The first-order chi connectivity index (χ1) is 17.5. The third-order valence-corrected chi connectivity index (χ3v) is 7.23. The first-order valence-corrected chi connectivity index (χ1v) is 13.2. The Labute approximate surface area is 217 Å². The number of halogens is 1. The molecule has 204 valence electrons. The zero-order valence-electron chi connectivity index (χ0n) is 22.3. The molecule has 0 spiro atoms. The molecule has 37 heavy (non-hydrogen) atoms. The summed E-state index contributed by atoms with van der Waals surface area (Å²) < 4.78 is 20.5. The van der Waals surface area contributed by atoms with E-state index >= 15 is 0 Å². The lowest BCUT2D eigenvalue weighted by molar-refractivity contribution is -0.133. The Bertz CT molecular complexity index is 1010. The largest absolute Gasteiger partial charge is 0.444 e. The van der Waals surface area contributed by atoms with Gasteiger partial charge in [0.25, 0.3) is 0 Å². The number of amides is 3. The highest BCUT2D eigenvalue weighted by Crippen LogP contribution is 2.26. The van der Waals surface area contributed by atoms with Gasteiger partial charge in [-0.15, -0.1) is 0 Å². The standard InChI is InChI=1S/C26H39FN6O4/c1-17-15-33(23-20(27)13-19(14-28-23)29-21-5-6-22(34)30-24(21)35)12-11-32(17)16-18-7-9-31(10-8-18)25(36)37-26(2,3)4/h13-14,17-18,21,29H,5-12,15-16H2,1-4H3,(H,30,34,35)/t17-,21?/m1/s1. The van der Waals surface area contributed by atoms with Crippen LogP contribution in [0, 0.1) is 11.7 Å². The van der Waals surface area contributed by atoms with Crippen molar-refractivity contribution in [3.8, 4) is 0 Å². The average molecular weight is 519 g/mol. The van der Waals surface area contributed by atoms with Crippen LogP contribution in [0.2, 0.25) is 0 Å². The average Bonchev–Trinajstić information content (AvgIpc) is 2.82. The highest BCUT2D eigenvalue weighted by Gasteiger charge is 2.32. The fraction of sp³-hybridized carbons (Fsp3) is 0.692. The number of carbonyl (C=O) groups is 3. The number of carbonyl (C=O) groups excluding carboxylic acids is 3. The molecule has 11 heteroatoms. The molecule has 0 radical (unpaired) electrons. The van der Waals surface area contributed by atoms with Crippen LogP contribution in [0.3, 0.4) is 0 Å². The maximum absolute atomic E-state index is 15.0. The molecule has 2 atom stereocenters. The number of rotatable bonds is 5. The number of anilines is 2. The second kappa shape index (κ2) is 11.2. The van der Waals surface area contributed by atoms with E-state index in [1.165, 1.54) is 12.3 Å². The molecule has 1 aromatic rings. The van der Waals surface area contributed by atoms with Gasteiger partial charge < -0.3 is 19.9 Å². The molecule has 0 bridgehead atoms. The Morgan fingerprint density at radius 3 is 2.54 bits per heavy atom. The first kappa shape index (κ1) is 27.1. The molecule has 3 aliphatic heterocycles. The summed E-state index contributed by atoms with van der Waals surface area (Å²) in [7, 11) is 0. The number of ether oxygens (including phenoxy) is 1. The summed E-state index contributed by atoms with van der Waals surface area (Å²) in [6.45, 7) is 12.3. The number of imide groups is 1. The molecule has 1 aromatic heterocycles. The Morgan fingerprint density at radius 1 is 1.19 bits per heavy atom. The van der Waals surface area contributed by atoms with Crippen molar-refractivity contribution >= 4 is 29.4 Å². The molecule has 3 saturated heterocycles. The van der Waals surface area contributed by atoms with Crippen molar-refractivity contribution in [2.45, 2.75) is 71.1 Å². The van der Waals surface area contributed by atoms with Crippen molar-refractivity contribution in [1.29, 1.82) is 0 Å². The lowest BCUT2D eigenvalue weighted by atomic mass is 9.95. The van der Waals surface area contributed by atoms with E-state index in [0.29, 0.717) is 50.0 Å². The summed E-state index contributed by atoms with van der Waals surface area (Å²) in [5.41, 5.74) is -0.0676. The van der Waals surface area contributed by atoms with Gasteiger partial charge in [0.2, 0.25) is 11.8 Å². The van der Waals surface area contributed by atoms with E-state index in [2.05, 4.69) is 27.4 Å². The van der Waals surface area contributed by atoms with E-state index in [4.69, 9.17) is 4.74 Å². The number of nitrogens with one attached hydrogen (secondary N) is 2. The number of aromatic nitrogens is 1. The topological polar surface area (TPSA) is 107 Å². The van der Waals surface area contributed by atoms with E-state index in [1.807, 2.05) is 25.7 Å². The molecule has 10 nitrogen and oxygen atoms in total. The molecular weight excluding hydrogens is 479 g/mol. The van der Waals surface area contributed by atoms with Crippen LogP contribution in [0.5, 0.6) is 0 Å². The van der Waals surface area contributed by atoms with E-state index in [9.17, 15) is 18.8 Å².